The summed E-state index contributed by atoms with van der Waals surface area (Å²) in [6.07, 6.45) is 5.88. The van der Waals surface area contributed by atoms with Crippen molar-refractivity contribution in [1.82, 2.24) is 0 Å². The molecule has 0 unspecified atom stereocenters. The molecule has 0 aliphatic heterocycles. The summed E-state index contributed by atoms with van der Waals surface area (Å²) in [5.41, 5.74) is 0. The van der Waals surface area contributed by atoms with Crippen LogP contribution in [0.3, 0.4) is 0 Å². The smallest absolute Gasteiger partial charge is 0.147 e. The summed E-state index contributed by atoms with van der Waals surface area (Å²) in [6.45, 7) is 8.36. The minimum atomic E-state index is -0.958. The predicted octanol–water partition coefficient (Wildman–Crippen LogP) is 4.15. The van der Waals surface area contributed by atoms with Crippen molar-refractivity contribution < 1.29 is 9.47 Å². The van der Waals surface area contributed by atoms with Crippen LogP contribution >= 0.6 is 15.9 Å². The quantitative estimate of drug-likeness (QED) is 0.417. The fourth-order valence-electron chi connectivity index (χ4n) is 1.54. The average molecular weight is 307 g/mol. The zero-order chi connectivity index (χ0) is 12.0. The van der Waals surface area contributed by atoms with Crippen molar-refractivity contribution >= 4 is 24.0 Å². The molecule has 1 atom stereocenters. The van der Waals surface area contributed by atoms with E-state index in [0.717, 1.165) is 19.4 Å². The molecule has 16 heavy (non-hydrogen) atoms. The lowest BCUT2D eigenvalue weighted by atomic mass is 10.1. The van der Waals surface area contributed by atoms with Crippen molar-refractivity contribution in [3.05, 3.63) is 10.6 Å². The molecule has 0 saturated heterocycles. The van der Waals surface area contributed by atoms with Crippen molar-refractivity contribution in [2.75, 3.05) is 13.4 Å². The maximum Gasteiger partial charge on any atom is 0.147 e. The van der Waals surface area contributed by atoms with Crippen LogP contribution < -0.4 is 0 Å². The van der Waals surface area contributed by atoms with Crippen molar-refractivity contribution in [3.8, 4) is 0 Å². The molecule has 0 aromatic heterocycles. The van der Waals surface area contributed by atoms with E-state index in [9.17, 15) is 0 Å². The van der Waals surface area contributed by atoms with Crippen LogP contribution in [0, 0.1) is 0 Å². The molecule has 1 aliphatic carbocycles. The Balaban J connectivity index is 2.05. The Morgan fingerprint density at radius 1 is 1.44 bits per heavy atom. The number of hydrogen-bond acceptors (Lipinski definition) is 2. The van der Waals surface area contributed by atoms with E-state index in [1.54, 1.807) is 0 Å². The minimum absolute atomic E-state index is 0.245. The van der Waals surface area contributed by atoms with Gasteiger partial charge >= 0.3 is 0 Å². The van der Waals surface area contributed by atoms with Crippen LogP contribution in [0.15, 0.2) is 10.6 Å². The third kappa shape index (κ3) is 6.84. The highest BCUT2D eigenvalue weighted by Crippen LogP contribution is 2.24. The molecule has 1 aliphatic rings. The Hall–Kier alpha value is 0.357. The molecule has 0 radical (unpaired) electrons. The van der Waals surface area contributed by atoms with E-state index >= 15 is 0 Å². The highest BCUT2D eigenvalue weighted by atomic mass is 79.9. The van der Waals surface area contributed by atoms with E-state index in [-0.39, 0.29) is 6.10 Å². The second-order valence-corrected chi connectivity index (χ2v) is 12.2. The third-order valence-corrected chi connectivity index (χ3v) is 5.00. The first-order valence-corrected chi connectivity index (χ1v) is 10.5. The van der Waals surface area contributed by atoms with Crippen LogP contribution in [0.1, 0.15) is 19.3 Å². The second-order valence-electron chi connectivity index (χ2n) is 5.55. The molecule has 0 aromatic rings. The van der Waals surface area contributed by atoms with Gasteiger partial charge < -0.3 is 9.47 Å². The molecule has 0 spiro atoms. The monoisotopic (exact) mass is 306 g/mol. The molecule has 0 heterocycles. The normalized spacial score (nSPS) is 22.0. The summed E-state index contributed by atoms with van der Waals surface area (Å²) in [6, 6.07) is 1.21. The van der Waals surface area contributed by atoms with Gasteiger partial charge in [-0.25, -0.2) is 0 Å². The lowest BCUT2D eigenvalue weighted by Crippen LogP contribution is -2.22. The molecule has 94 valence electrons. The van der Waals surface area contributed by atoms with Gasteiger partial charge in [0.2, 0.25) is 0 Å². The second kappa shape index (κ2) is 6.94. The van der Waals surface area contributed by atoms with Gasteiger partial charge in [0.15, 0.2) is 0 Å². The molecule has 1 rings (SSSR count). The fourth-order valence-corrected chi connectivity index (χ4v) is 2.88. The minimum Gasteiger partial charge on any atom is -0.356 e. The number of halogens is 1. The van der Waals surface area contributed by atoms with Gasteiger partial charge in [-0.3, -0.25) is 0 Å². The van der Waals surface area contributed by atoms with Crippen molar-refractivity contribution in [2.24, 2.45) is 0 Å². The van der Waals surface area contributed by atoms with Gasteiger partial charge in [0.1, 0.15) is 6.79 Å². The van der Waals surface area contributed by atoms with Gasteiger partial charge in [-0.05, 0) is 35.9 Å². The summed E-state index contributed by atoms with van der Waals surface area (Å²) in [5.74, 6) is 0. The zero-order valence-electron chi connectivity index (χ0n) is 10.6. The van der Waals surface area contributed by atoms with Crippen LogP contribution in [-0.2, 0) is 9.47 Å². The lowest BCUT2D eigenvalue weighted by Gasteiger charge is -2.20. The van der Waals surface area contributed by atoms with Crippen LogP contribution in [-0.4, -0.2) is 27.6 Å². The Bertz CT molecular complexity index is 236. The predicted molar refractivity (Wildman–Crippen MR) is 74.7 cm³/mol. The zero-order valence-corrected chi connectivity index (χ0v) is 13.2. The maximum atomic E-state index is 5.65. The first kappa shape index (κ1) is 14.4. The van der Waals surface area contributed by atoms with E-state index in [1.807, 2.05) is 0 Å². The van der Waals surface area contributed by atoms with Crippen LogP contribution in [0.5, 0.6) is 0 Å². The number of ether oxygens (including phenoxy) is 2. The highest BCUT2D eigenvalue weighted by Gasteiger charge is 2.14. The Morgan fingerprint density at radius 2 is 2.19 bits per heavy atom. The number of allylic oxidation sites excluding steroid dienone is 1. The van der Waals surface area contributed by atoms with Gasteiger partial charge in [0, 0.05) is 14.7 Å². The fraction of sp³-hybridized carbons (Fsp3) is 0.833. The van der Waals surface area contributed by atoms with Crippen molar-refractivity contribution in [1.29, 1.82) is 0 Å². The van der Waals surface area contributed by atoms with Gasteiger partial charge in [-0.15, -0.1) is 0 Å². The Kier molecular flexibility index (Phi) is 6.25. The number of hydrogen-bond donors (Lipinski definition) is 0. The van der Waals surface area contributed by atoms with E-state index in [0.29, 0.717) is 6.79 Å². The molecule has 0 amide bonds. The topological polar surface area (TPSA) is 18.5 Å². The molecule has 0 N–H and O–H groups in total. The van der Waals surface area contributed by atoms with Gasteiger partial charge in [-0.2, -0.15) is 0 Å². The van der Waals surface area contributed by atoms with Gasteiger partial charge in [0.25, 0.3) is 0 Å². The van der Waals surface area contributed by atoms with E-state index < -0.39 is 8.07 Å². The van der Waals surface area contributed by atoms with E-state index in [4.69, 9.17) is 9.47 Å². The molecule has 0 aromatic carbocycles. The summed E-state index contributed by atoms with van der Waals surface area (Å²) in [5, 5.41) is 0. The summed E-state index contributed by atoms with van der Waals surface area (Å²) in [4.78, 5) is 0. The van der Waals surface area contributed by atoms with E-state index in [2.05, 4.69) is 41.6 Å². The summed E-state index contributed by atoms with van der Waals surface area (Å²) in [7, 11) is -0.958. The first-order valence-electron chi connectivity index (χ1n) is 6.03. The molecule has 0 saturated carbocycles. The molecule has 0 fully saturated rings. The standard InChI is InChI=1S/C12H23BrO2Si/c1-16(2,3)8-7-14-10-15-12-6-4-5-11(13)9-12/h9,12H,4-8,10H2,1-3H3/t12-/m0/s1. The Morgan fingerprint density at radius 3 is 2.81 bits per heavy atom. The summed E-state index contributed by atoms with van der Waals surface area (Å²) < 4.78 is 12.4. The van der Waals surface area contributed by atoms with Crippen LogP contribution in [0.25, 0.3) is 0 Å². The van der Waals surface area contributed by atoms with Gasteiger partial charge in [0.05, 0.1) is 6.10 Å². The maximum absolute atomic E-state index is 5.65. The molecular formula is C12H23BrO2Si. The Labute approximate surface area is 109 Å². The van der Waals surface area contributed by atoms with Gasteiger partial charge in [-0.1, -0.05) is 35.6 Å². The highest BCUT2D eigenvalue weighted by molar-refractivity contribution is 9.11. The molecular weight excluding hydrogens is 284 g/mol. The average Bonchev–Trinajstić information content (AvgIpc) is 2.15. The largest absolute Gasteiger partial charge is 0.356 e. The first-order chi connectivity index (χ1) is 7.47. The van der Waals surface area contributed by atoms with Crippen LogP contribution in [0.2, 0.25) is 25.7 Å². The van der Waals surface area contributed by atoms with Crippen molar-refractivity contribution in [2.45, 2.75) is 51.1 Å². The van der Waals surface area contributed by atoms with Crippen molar-refractivity contribution in [3.63, 3.8) is 0 Å². The van der Waals surface area contributed by atoms with Crippen LogP contribution in [0.4, 0.5) is 0 Å². The number of rotatable bonds is 6. The molecule has 4 heteroatoms. The third-order valence-electron chi connectivity index (χ3n) is 2.63. The van der Waals surface area contributed by atoms with E-state index in [1.165, 1.54) is 16.9 Å². The lowest BCUT2D eigenvalue weighted by molar-refractivity contribution is -0.0749. The SMILES string of the molecule is C[Si](C)(C)CCOCO[C@@H]1C=C(Br)CCC1. The summed E-state index contributed by atoms with van der Waals surface area (Å²) >= 11 is 3.52. The molecule has 0 bridgehead atoms. The molecule has 2 nitrogen and oxygen atoms in total.